The maximum atomic E-state index is 13.2. The van der Waals surface area contributed by atoms with Gasteiger partial charge in [0.1, 0.15) is 22.9 Å². The molecule has 3 rings (SSSR count). The third kappa shape index (κ3) is 2.90. The molecular formula is C15H15FN2O3. The van der Waals surface area contributed by atoms with Crippen LogP contribution in [0, 0.1) is 12.7 Å². The van der Waals surface area contributed by atoms with Gasteiger partial charge in [0.2, 0.25) is 0 Å². The van der Waals surface area contributed by atoms with E-state index in [9.17, 15) is 9.50 Å². The van der Waals surface area contributed by atoms with E-state index >= 15 is 0 Å². The van der Waals surface area contributed by atoms with E-state index in [-0.39, 0.29) is 12.4 Å². The first-order valence-electron chi connectivity index (χ1n) is 6.63. The van der Waals surface area contributed by atoms with Crippen LogP contribution in [-0.2, 0) is 6.54 Å². The molecule has 2 heterocycles. The summed E-state index contributed by atoms with van der Waals surface area (Å²) < 4.78 is 24.3. The number of anilines is 1. The minimum atomic E-state index is -0.374. The fourth-order valence-corrected chi connectivity index (χ4v) is 2.14. The lowest BCUT2D eigenvalue weighted by molar-refractivity contribution is 0.297. The Morgan fingerprint density at radius 3 is 2.81 bits per heavy atom. The number of nitrogens with zero attached hydrogens (tertiary/aromatic N) is 2. The molecule has 0 spiro atoms. The Kier molecular flexibility index (Phi) is 3.62. The third-order valence-electron chi connectivity index (χ3n) is 3.12. The van der Waals surface area contributed by atoms with Gasteiger partial charge in [0.15, 0.2) is 5.58 Å². The second-order valence-corrected chi connectivity index (χ2v) is 4.77. The summed E-state index contributed by atoms with van der Waals surface area (Å²) in [7, 11) is 0. The van der Waals surface area contributed by atoms with Gasteiger partial charge in [-0.3, -0.25) is 0 Å². The summed E-state index contributed by atoms with van der Waals surface area (Å²) in [5.41, 5.74) is 0.952. The summed E-state index contributed by atoms with van der Waals surface area (Å²) in [5.74, 6) is 1.18. The largest absolute Gasteiger partial charge is 0.464 e. The number of furan rings is 1. The lowest BCUT2D eigenvalue weighted by Crippen LogP contribution is -2.26. The molecule has 21 heavy (non-hydrogen) atoms. The van der Waals surface area contributed by atoms with Gasteiger partial charge in [-0.25, -0.2) is 4.39 Å². The van der Waals surface area contributed by atoms with Crippen LogP contribution in [0.4, 0.5) is 10.4 Å². The molecule has 0 amide bonds. The van der Waals surface area contributed by atoms with Crippen LogP contribution in [0.3, 0.4) is 0 Å². The molecule has 0 fully saturated rings. The minimum Gasteiger partial charge on any atom is -0.464 e. The van der Waals surface area contributed by atoms with Gasteiger partial charge >= 0.3 is 0 Å². The molecule has 0 aliphatic rings. The molecule has 6 heteroatoms. The smallest absolute Gasteiger partial charge is 0.298 e. The summed E-state index contributed by atoms with van der Waals surface area (Å²) >= 11 is 0. The quantitative estimate of drug-likeness (QED) is 0.783. The Bertz CT molecular complexity index is 750. The summed E-state index contributed by atoms with van der Waals surface area (Å²) in [5, 5.41) is 9.20. The predicted octanol–water partition coefficient (Wildman–Crippen LogP) is 2.87. The zero-order valence-electron chi connectivity index (χ0n) is 11.5. The lowest BCUT2D eigenvalue weighted by Gasteiger charge is -2.17. The fraction of sp³-hybridized carbons (Fsp3) is 0.267. The molecule has 1 aromatic carbocycles. The van der Waals surface area contributed by atoms with Gasteiger partial charge < -0.3 is 18.8 Å². The van der Waals surface area contributed by atoms with Gasteiger partial charge in [0, 0.05) is 12.6 Å². The van der Waals surface area contributed by atoms with Crippen molar-refractivity contribution in [3.05, 3.63) is 47.7 Å². The molecule has 1 N–H and O–H groups in total. The van der Waals surface area contributed by atoms with Gasteiger partial charge in [-0.1, -0.05) is 0 Å². The number of benzene rings is 1. The third-order valence-corrected chi connectivity index (χ3v) is 3.12. The van der Waals surface area contributed by atoms with E-state index in [4.69, 9.17) is 8.83 Å². The number of oxazole rings is 1. The molecule has 2 aromatic heterocycles. The van der Waals surface area contributed by atoms with Crippen molar-refractivity contribution in [1.29, 1.82) is 0 Å². The highest BCUT2D eigenvalue weighted by atomic mass is 19.1. The molecule has 0 bridgehead atoms. The molecule has 0 atom stereocenters. The summed E-state index contributed by atoms with van der Waals surface area (Å²) in [6.07, 6.45) is 0. The highest BCUT2D eigenvalue weighted by Crippen LogP contribution is 2.24. The number of aromatic nitrogens is 1. The van der Waals surface area contributed by atoms with E-state index in [0.717, 1.165) is 11.5 Å². The van der Waals surface area contributed by atoms with Gasteiger partial charge in [-0.05, 0) is 31.2 Å². The molecule has 110 valence electrons. The number of aryl methyl sites for hydroxylation is 1. The number of hydrogen-bond acceptors (Lipinski definition) is 5. The molecule has 0 saturated carbocycles. The first-order valence-corrected chi connectivity index (χ1v) is 6.63. The van der Waals surface area contributed by atoms with Gasteiger partial charge in [0.25, 0.3) is 6.01 Å². The Balaban J connectivity index is 1.90. The summed E-state index contributed by atoms with van der Waals surface area (Å²) in [6, 6.07) is 8.25. The number of halogens is 1. The summed E-state index contributed by atoms with van der Waals surface area (Å²) in [4.78, 5) is 6.06. The molecule has 5 nitrogen and oxygen atoms in total. The van der Waals surface area contributed by atoms with Gasteiger partial charge in [0.05, 0.1) is 13.2 Å². The van der Waals surface area contributed by atoms with Crippen LogP contribution in [-0.4, -0.2) is 23.2 Å². The Labute approximate surface area is 120 Å². The summed E-state index contributed by atoms with van der Waals surface area (Å²) in [6.45, 7) is 2.58. The zero-order valence-corrected chi connectivity index (χ0v) is 11.5. The van der Waals surface area contributed by atoms with E-state index in [1.165, 1.54) is 12.1 Å². The molecule has 0 aliphatic heterocycles. The topological polar surface area (TPSA) is 62.6 Å². The molecular weight excluding hydrogens is 275 g/mol. The van der Waals surface area contributed by atoms with E-state index in [1.54, 1.807) is 11.0 Å². The Morgan fingerprint density at radius 2 is 2.10 bits per heavy atom. The van der Waals surface area contributed by atoms with Gasteiger partial charge in [-0.15, -0.1) is 0 Å². The number of fused-ring (bicyclic) bond motifs is 1. The normalized spacial score (nSPS) is 11.2. The molecule has 3 aromatic rings. The predicted molar refractivity (Wildman–Crippen MR) is 75.5 cm³/mol. The average Bonchev–Trinajstić information content (AvgIpc) is 3.04. The minimum absolute atomic E-state index is 0.0488. The van der Waals surface area contributed by atoms with Crippen molar-refractivity contribution in [1.82, 2.24) is 4.98 Å². The average molecular weight is 290 g/mol. The molecule has 0 aliphatic carbocycles. The standard InChI is InChI=1S/C15H15FN2O3/c1-10-2-4-12(20-10)9-18(6-7-19)15-17-13-5-3-11(16)8-14(13)21-15/h2-5,8,19H,6-7,9H2,1H3. The number of rotatable bonds is 5. The Morgan fingerprint density at radius 1 is 1.24 bits per heavy atom. The van der Waals surface area contributed by atoms with Crippen LogP contribution in [0.2, 0.25) is 0 Å². The van der Waals surface area contributed by atoms with Crippen molar-refractivity contribution in [2.75, 3.05) is 18.1 Å². The van der Waals surface area contributed by atoms with Crippen LogP contribution in [0.5, 0.6) is 0 Å². The molecule has 0 saturated heterocycles. The van der Waals surface area contributed by atoms with E-state index < -0.39 is 0 Å². The molecule has 0 unspecified atom stereocenters. The van der Waals surface area contributed by atoms with Crippen molar-refractivity contribution in [3.8, 4) is 0 Å². The van der Waals surface area contributed by atoms with Crippen LogP contribution < -0.4 is 4.90 Å². The van der Waals surface area contributed by atoms with Crippen molar-refractivity contribution in [3.63, 3.8) is 0 Å². The van der Waals surface area contributed by atoms with Crippen molar-refractivity contribution in [2.24, 2.45) is 0 Å². The van der Waals surface area contributed by atoms with E-state index in [1.807, 2.05) is 19.1 Å². The van der Waals surface area contributed by atoms with Gasteiger partial charge in [-0.2, -0.15) is 4.98 Å². The number of aliphatic hydroxyl groups excluding tert-OH is 1. The van der Waals surface area contributed by atoms with Crippen LogP contribution in [0.1, 0.15) is 11.5 Å². The second-order valence-electron chi connectivity index (χ2n) is 4.77. The highest BCUT2D eigenvalue weighted by molar-refractivity contribution is 5.74. The van der Waals surface area contributed by atoms with Crippen molar-refractivity contribution < 1.29 is 18.3 Å². The van der Waals surface area contributed by atoms with E-state index in [2.05, 4.69) is 4.98 Å². The fourth-order valence-electron chi connectivity index (χ4n) is 2.14. The number of hydrogen-bond donors (Lipinski definition) is 1. The van der Waals surface area contributed by atoms with Crippen LogP contribution in [0.15, 0.2) is 39.2 Å². The maximum absolute atomic E-state index is 13.2. The highest BCUT2D eigenvalue weighted by Gasteiger charge is 2.16. The van der Waals surface area contributed by atoms with E-state index in [0.29, 0.717) is 30.2 Å². The lowest BCUT2D eigenvalue weighted by atomic mass is 10.3. The zero-order chi connectivity index (χ0) is 14.8. The maximum Gasteiger partial charge on any atom is 0.298 e. The first kappa shape index (κ1) is 13.6. The monoisotopic (exact) mass is 290 g/mol. The number of aliphatic hydroxyl groups is 1. The molecule has 0 radical (unpaired) electrons. The van der Waals surface area contributed by atoms with Crippen molar-refractivity contribution >= 4 is 17.1 Å². The van der Waals surface area contributed by atoms with Crippen molar-refractivity contribution in [2.45, 2.75) is 13.5 Å². The Hall–Kier alpha value is -2.34. The van der Waals surface area contributed by atoms with Crippen LogP contribution in [0.25, 0.3) is 11.1 Å². The first-order chi connectivity index (χ1) is 10.2. The second kappa shape index (κ2) is 5.57. The SMILES string of the molecule is Cc1ccc(CN(CCO)c2nc3ccc(F)cc3o2)o1. The van der Waals surface area contributed by atoms with Crippen LogP contribution >= 0.6 is 0 Å².